The van der Waals surface area contributed by atoms with Crippen molar-refractivity contribution in [3.05, 3.63) is 47.3 Å². The highest BCUT2D eigenvalue weighted by Gasteiger charge is 2.45. The Bertz CT molecular complexity index is 809. The van der Waals surface area contributed by atoms with Crippen molar-refractivity contribution in [2.75, 3.05) is 19.7 Å². The molecule has 2 aromatic rings. The number of ether oxygens (including phenoxy) is 1. The van der Waals surface area contributed by atoms with Crippen LogP contribution >= 0.6 is 11.3 Å². The summed E-state index contributed by atoms with van der Waals surface area (Å²) in [5, 5.41) is 2.04. The summed E-state index contributed by atoms with van der Waals surface area (Å²) in [6.45, 7) is 6.59. The van der Waals surface area contributed by atoms with Gasteiger partial charge in [-0.05, 0) is 22.6 Å². The van der Waals surface area contributed by atoms with E-state index in [-0.39, 0.29) is 12.5 Å². The van der Waals surface area contributed by atoms with Gasteiger partial charge in [0.2, 0.25) is 5.91 Å². The van der Waals surface area contributed by atoms with Crippen LogP contribution < -0.4 is 5.73 Å². The second-order valence-corrected chi connectivity index (χ2v) is 8.98. The van der Waals surface area contributed by atoms with Gasteiger partial charge in [-0.2, -0.15) is 0 Å². The van der Waals surface area contributed by atoms with E-state index in [4.69, 9.17) is 10.5 Å². The number of rotatable bonds is 4. The molecule has 0 spiro atoms. The van der Waals surface area contributed by atoms with Crippen LogP contribution in [0.5, 0.6) is 0 Å². The lowest BCUT2D eigenvalue weighted by Gasteiger charge is -2.42. The lowest BCUT2D eigenvalue weighted by atomic mass is 9.89. The first-order chi connectivity index (χ1) is 12.7. The topological polar surface area (TPSA) is 72.6 Å². The maximum absolute atomic E-state index is 12.7. The summed E-state index contributed by atoms with van der Waals surface area (Å²) in [6, 6.07) is 12.2. The summed E-state index contributed by atoms with van der Waals surface area (Å²) >= 11 is 1.68. The van der Waals surface area contributed by atoms with Crippen LogP contribution in [-0.4, -0.2) is 42.0 Å². The molecule has 6 heteroatoms. The standard InChI is InChI=1S/C21H26N2O3S/c1-20(2,3)19(25)23-10-11-26-21(14-23,18(22)24)13-15-6-8-16(9-7-15)17-5-4-12-27-17/h4-9,12H,10-11,13-14H2,1-3H3,(H2,22,24)/t21-/m0/s1. The van der Waals surface area contributed by atoms with E-state index in [0.717, 1.165) is 11.1 Å². The molecule has 1 saturated heterocycles. The molecule has 2 N–H and O–H groups in total. The third-order valence-electron chi connectivity index (χ3n) is 4.81. The van der Waals surface area contributed by atoms with Crippen molar-refractivity contribution in [2.45, 2.75) is 32.8 Å². The van der Waals surface area contributed by atoms with E-state index >= 15 is 0 Å². The third kappa shape index (κ3) is 4.22. The van der Waals surface area contributed by atoms with E-state index in [1.807, 2.05) is 56.5 Å². The van der Waals surface area contributed by atoms with Gasteiger partial charge in [0, 0.05) is 23.3 Å². The summed E-state index contributed by atoms with van der Waals surface area (Å²) in [5.41, 5.74) is 6.12. The smallest absolute Gasteiger partial charge is 0.251 e. The van der Waals surface area contributed by atoms with Gasteiger partial charge in [0.25, 0.3) is 5.91 Å². The van der Waals surface area contributed by atoms with Gasteiger partial charge < -0.3 is 15.4 Å². The Morgan fingerprint density at radius 1 is 1.22 bits per heavy atom. The lowest BCUT2D eigenvalue weighted by Crippen LogP contribution is -2.62. The number of thiophene rings is 1. The fraction of sp³-hybridized carbons (Fsp3) is 0.429. The van der Waals surface area contributed by atoms with Crippen LogP contribution in [0, 0.1) is 5.41 Å². The molecule has 5 nitrogen and oxygen atoms in total. The zero-order valence-electron chi connectivity index (χ0n) is 16.0. The molecule has 0 bridgehead atoms. The van der Waals surface area contributed by atoms with Gasteiger partial charge in [0.1, 0.15) is 0 Å². The largest absolute Gasteiger partial charge is 0.367 e. The van der Waals surface area contributed by atoms with Crippen LogP contribution in [0.1, 0.15) is 26.3 Å². The first-order valence-electron chi connectivity index (χ1n) is 9.07. The number of carbonyl (C=O) groups is 2. The quantitative estimate of drug-likeness (QED) is 0.878. The first-order valence-corrected chi connectivity index (χ1v) is 9.95. The van der Waals surface area contributed by atoms with E-state index in [9.17, 15) is 9.59 Å². The molecule has 144 valence electrons. The third-order valence-corrected chi connectivity index (χ3v) is 5.73. The normalized spacial score (nSPS) is 20.5. The molecule has 1 aliphatic heterocycles. The predicted molar refractivity (Wildman–Crippen MR) is 107 cm³/mol. The number of amides is 2. The van der Waals surface area contributed by atoms with Crippen molar-refractivity contribution in [1.29, 1.82) is 0 Å². The van der Waals surface area contributed by atoms with Crippen LogP contribution in [0.2, 0.25) is 0 Å². The molecule has 27 heavy (non-hydrogen) atoms. The van der Waals surface area contributed by atoms with Gasteiger partial charge >= 0.3 is 0 Å². The molecular weight excluding hydrogens is 360 g/mol. The zero-order chi connectivity index (χ0) is 19.7. The number of morpholine rings is 1. The highest BCUT2D eigenvalue weighted by Crippen LogP contribution is 2.29. The summed E-state index contributed by atoms with van der Waals surface area (Å²) < 4.78 is 5.86. The Morgan fingerprint density at radius 2 is 1.93 bits per heavy atom. The zero-order valence-corrected chi connectivity index (χ0v) is 16.8. The number of nitrogens with two attached hydrogens (primary N) is 1. The first kappa shape index (κ1) is 19.6. The molecule has 1 aromatic heterocycles. The molecule has 0 unspecified atom stereocenters. The monoisotopic (exact) mass is 386 g/mol. The van der Waals surface area contributed by atoms with Crippen LogP contribution in [0.3, 0.4) is 0 Å². The molecule has 1 aliphatic rings. The minimum absolute atomic E-state index is 0.00414. The Hall–Kier alpha value is -2.18. The van der Waals surface area contributed by atoms with E-state index in [1.54, 1.807) is 16.2 Å². The van der Waals surface area contributed by atoms with E-state index in [1.165, 1.54) is 4.88 Å². The minimum Gasteiger partial charge on any atom is -0.367 e. The summed E-state index contributed by atoms with van der Waals surface area (Å²) in [4.78, 5) is 27.9. The highest BCUT2D eigenvalue weighted by molar-refractivity contribution is 7.13. The summed E-state index contributed by atoms with van der Waals surface area (Å²) in [6.07, 6.45) is 0.348. The predicted octanol–water partition coefficient (Wildman–Crippen LogP) is 3.09. The number of hydrogen-bond donors (Lipinski definition) is 1. The Balaban J connectivity index is 1.81. The Labute approximate surface area is 164 Å². The SMILES string of the molecule is CC(C)(C)C(=O)N1CCO[C@](Cc2ccc(-c3cccs3)cc2)(C(N)=O)C1. The van der Waals surface area contributed by atoms with Gasteiger partial charge in [0.15, 0.2) is 5.60 Å². The van der Waals surface area contributed by atoms with Crippen molar-refractivity contribution in [3.8, 4) is 10.4 Å². The summed E-state index contributed by atoms with van der Waals surface area (Å²) in [7, 11) is 0. The average molecular weight is 387 g/mol. The molecule has 2 amide bonds. The van der Waals surface area contributed by atoms with Crippen molar-refractivity contribution in [1.82, 2.24) is 4.90 Å². The van der Waals surface area contributed by atoms with E-state index < -0.39 is 16.9 Å². The molecule has 0 saturated carbocycles. The summed E-state index contributed by atoms with van der Waals surface area (Å²) in [5.74, 6) is -0.527. The molecule has 3 rings (SSSR count). The fourth-order valence-electron chi connectivity index (χ4n) is 3.33. The lowest BCUT2D eigenvalue weighted by molar-refractivity contribution is -0.167. The van der Waals surface area contributed by atoms with Crippen LogP contribution in [0.25, 0.3) is 10.4 Å². The average Bonchev–Trinajstić information content (AvgIpc) is 3.15. The number of hydrogen-bond acceptors (Lipinski definition) is 4. The number of primary amides is 1. The van der Waals surface area contributed by atoms with Gasteiger partial charge in [-0.15, -0.1) is 11.3 Å². The maximum Gasteiger partial charge on any atom is 0.251 e. The molecule has 0 aliphatic carbocycles. The number of carbonyl (C=O) groups excluding carboxylic acids is 2. The molecule has 2 heterocycles. The second-order valence-electron chi connectivity index (χ2n) is 8.03. The molecule has 0 radical (unpaired) electrons. The van der Waals surface area contributed by atoms with Gasteiger partial charge in [-0.3, -0.25) is 9.59 Å². The van der Waals surface area contributed by atoms with Crippen molar-refractivity contribution < 1.29 is 14.3 Å². The molecule has 1 fully saturated rings. The van der Waals surface area contributed by atoms with Gasteiger partial charge in [-0.25, -0.2) is 0 Å². The number of nitrogens with zero attached hydrogens (tertiary/aromatic N) is 1. The molecular formula is C21H26N2O3S. The Kier molecular flexibility index (Phi) is 5.40. The minimum atomic E-state index is -1.19. The number of benzene rings is 1. The van der Waals surface area contributed by atoms with Crippen molar-refractivity contribution in [3.63, 3.8) is 0 Å². The molecule has 1 aromatic carbocycles. The van der Waals surface area contributed by atoms with E-state index in [2.05, 4.69) is 6.07 Å². The highest BCUT2D eigenvalue weighted by atomic mass is 32.1. The van der Waals surface area contributed by atoms with Crippen LogP contribution in [-0.2, 0) is 20.7 Å². The fourth-order valence-corrected chi connectivity index (χ4v) is 4.07. The Morgan fingerprint density at radius 3 is 2.48 bits per heavy atom. The van der Waals surface area contributed by atoms with Gasteiger partial charge in [0.05, 0.1) is 13.2 Å². The maximum atomic E-state index is 12.7. The second kappa shape index (κ2) is 7.44. The molecule has 1 atom stereocenters. The van der Waals surface area contributed by atoms with Gasteiger partial charge in [-0.1, -0.05) is 51.1 Å². The van der Waals surface area contributed by atoms with Crippen molar-refractivity contribution >= 4 is 23.2 Å². The van der Waals surface area contributed by atoms with Crippen LogP contribution in [0.4, 0.5) is 0 Å². The van der Waals surface area contributed by atoms with Crippen molar-refractivity contribution in [2.24, 2.45) is 11.1 Å². The van der Waals surface area contributed by atoms with E-state index in [0.29, 0.717) is 19.6 Å². The van der Waals surface area contributed by atoms with Crippen LogP contribution in [0.15, 0.2) is 41.8 Å².